The van der Waals surface area contributed by atoms with E-state index in [4.69, 9.17) is 0 Å². The van der Waals surface area contributed by atoms with Crippen molar-refractivity contribution in [2.75, 3.05) is 0 Å². The third kappa shape index (κ3) is 2.32. The zero-order chi connectivity index (χ0) is 14.9. The second-order valence-electron chi connectivity index (χ2n) is 5.43. The molecule has 3 aromatic rings. The van der Waals surface area contributed by atoms with Crippen molar-refractivity contribution >= 4 is 11.6 Å². The van der Waals surface area contributed by atoms with Gasteiger partial charge in [-0.15, -0.1) is 0 Å². The summed E-state index contributed by atoms with van der Waals surface area (Å²) in [6.07, 6.45) is 10.5. The molecule has 1 amide bonds. The number of pyridine rings is 1. The molecule has 3 heterocycles. The van der Waals surface area contributed by atoms with Gasteiger partial charge in [-0.1, -0.05) is 6.07 Å². The fraction of sp³-hybridized carbons (Fsp3) is 0.250. The van der Waals surface area contributed by atoms with Gasteiger partial charge in [0, 0.05) is 24.6 Å². The molecule has 0 spiro atoms. The van der Waals surface area contributed by atoms with Crippen molar-refractivity contribution in [3.05, 3.63) is 60.6 Å². The quantitative estimate of drug-likeness (QED) is 0.737. The Morgan fingerprint density at radius 2 is 2.14 bits per heavy atom. The van der Waals surface area contributed by atoms with Gasteiger partial charge < -0.3 is 9.30 Å². The monoisotopic (exact) mass is 293 g/mol. The molecule has 4 rings (SSSR count). The van der Waals surface area contributed by atoms with E-state index in [1.807, 2.05) is 39.9 Å². The largest absolute Gasteiger partial charge is 0.328 e. The van der Waals surface area contributed by atoms with Gasteiger partial charge in [0.15, 0.2) is 0 Å². The lowest BCUT2D eigenvalue weighted by Gasteiger charge is -2.21. The number of imidazole rings is 1. The molecule has 0 saturated heterocycles. The number of fused-ring (bicyclic) bond motifs is 1. The summed E-state index contributed by atoms with van der Waals surface area (Å²) in [5.74, 6) is -0.0681. The summed E-state index contributed by atoms with van der Waals surface area (Å²) in [7, 11) is 0. The van der Waals surface area contributed by atoms with Gasteiger partial charge in [0.1, 0.15) is 11.3 Å². The Balaban J connectivity index is 1.64. The molecule has 22 heavy (non-hydrogen) atoms. The van der Waals surface area contributed by atoms with E-state index in [0.717, 1.165) is 24.2 Å². The van der Waals surface area contributed by atoms with Crippen LogP contribution in [0.4, 0.5) is 0 Å². The number of hydrogen-bond acceptors (Lipinski definition) is 4. The summed E-state index contributed by atoms with van der Waals surface area (Å²) < 4.78 is 2.01. The van der Waals surface area contributed by atoms with Crippen LogP contribution in [0.25, 0.3) is 5.65 Å². The predicted molar refractivity (Wildman–Crippen MR) is 80.1 cm³/mol. The second-order valence-corrected chi connectivity index (χ2v) is 5.43. The minimum absolute atomic E-state index is 0.0681. The zero-order valence-corrected chi connectivity index (χ0v) is 12.0. The Bertz CT molecular complexity index is 810. The SMILES string of the molecule is O=C(c1cnccn1)N(Cc1cnc2ccccn12)C1CC1. The molecule has 0 bridgehead atoms. The van der Waals surface area contributed by atoms with Crippen molar-refractivity contribution in [1.82, 2.24) is 24.3 Å². The highest BCUT2D eigenvalue weighted by Gasteiger charge is 2.34. The molecular formula is C16H15N5O. The lowest BCUT2D eigenvalue weighted by atomic mass is 10.3. The summed E-state index contributed by atoms with van der Waals surface area (Å²) in [4.78, 5) is 27.1. The molecule has 110 valence electrons. The maximum atomic E-state index is 12.7. The minimum atomic E-state index is -0.0681. The molecule has 6 heteroatoms. The number of aromatic nitrogens is 4. The maximum Gasteiger partial charge on any atom is 0.274 e. The van der Waals surface area contributed by atoms with Gasteiger partial charge >= 0.3 is 0 Å². The summed E-state index contributed by atoms with van der Waals surface area (Å²) >= 11 is 0. The average Bonchev–Trinajstić information content (AvgIpc) is 3.34. The Morgan fingerprint density at radius 1 is 1.23 bits per heavy atom. The van der Waals surface area contributed by atoms with Crippen LogP contribution in [0.2, 0.25) is 0 Å². The highest BCUT2D eigenvalue weighted by Crippen LogP contribution is 2.29. The number of nitrogens with zero attached hydrogens (tertiary/aromatic N) is 5. The minimum Gasteiger partial charge on any atom is -0.328 e. The normalized spacial score (nSPS) is 14.2. The van der Waals surface area contributed by atoms with E-state index in [1.165, 1.54) is 6.20 Å². The van der Waals surface area contributed by atoms with Crippen LogP contribution in [0.5, 0.6) is 0 Å². The fourth-order valence-electron chi connectivity index (χ4n) is 2.59. The second kappa shape index (κ2) is 5.22. The van der Waals surface area contributed by atoms with Crippen molar-refractivity contribution < 1.29 is 4.79 Å². The molecule has 0 radical (unpaired) electrons. The highest BCUT2D eigenvalue weighted by molar-refractivity contribution is 5.92. The van der Waals surface area contributed by atoms with E-state index in [-0.39, 0.29) is 5.91 Å². The molecule has 3 aromatic heterocycles. The first-order valence-electron chi connectivity index (χ1n) is 7.31. The molecule has 0 unspecified atom stereocenters. The third-order valence-corrected chi connectivity index (χ3v) is 3.86. The molecule has 1 fully saturated rings. The molecule has 1 aliphatic carbocycles. The number of amides is 1. The number of hydrogen-bond donors (Lipinski definition) is 0. The number of carbonyl (C=O) groups excluding carboxylic acids is 1. The van der Waals surface area contributed by atoms with Gasteiger partial charge in [-0.2, -0.15) is 0 Å². The molecule has 0 atom stereocenters. The van der Waals surface area contributed by atoms with E-state index in [1.54, 1.807) is 12.4 Å². The van der Waals surface area contributed by atoms with Crippen LogP contribution >= 0.6 is 0 Å². The van der Waals surface area contributed by atoms with Gasteiger partial charge in [-0.25, -0.2) is 9.97 Å². The van der Waals surface area contributed by atoms with Gasteiger partial charge in [0.25, 0.3) is 5.91 Å². The summed E-state index contributed by atoms with van der Waals surface area (Å²) in [6, 6.07) is 6.17. The van der Waals surface area contributed by atoms with Crippen LogP contribution in [0, 0.1) is 0 Å². The smallest absolute Gasteiger partial charge is 0.274 e. The molecule has 1 aliphatic rings. The topological polar surface area (TPSA) is 63.4 Å². The first-order chi connectivity index (χ1) is 10.8. The molecule has 0 aliphatic heterocycles. The first kappa shape index (κ1) is 12.9. The predicted octanol–water partition coefficient (Wildman–Crippen LogP) is 1.93. The summed E-state index contributed by atoms with van der Waals surface area (Å²) in [5, 5.41) is 0. The Hall–Kier alpha value is -2.76. The fourth-order valence-corrected chi connectivity index (χ4v) is 2.59. The van der Waals surface area contributed by atoms with Crippen LogP contribution in [-0.4, -0.2) is 36.2 Å². The van der Waals surface area contributed by atoms with Gasteiger partial charge in [0.05, 0.1) is 24.6 Å². The zero-order valence-electron chi connectivity index (χ0n) is 12.0. The van der Waals surface area contributed by atoms with Crippen molar-refractivity contribution in [1.29, 1.82) is 0 Å². The molecular weight excluding hydrogens is 278 g/mol. The molecule has 0 N–H and O–H groups in total. The lowest BCUT2D eigenvalue weighted by Crippen LogP contribution is -2.33. The van der Waals surface area contributed by atoms with Crippen LogP contribution in [0.15, 0.2) is 49.2 Å². The van der Waals surface area contributed by atoms with Crippen LogP contribution in [0.1, 0.15) is 29.0 Å². The Morgan fingerprint density at radius 3 is 2.91 bits per heavy atom. The first-order valence-corrected chi connectivity index (χ1v) is 7.31. The van der Waals surface area contributed by atoms with Gasteiger partial charge in [-0.05, 0) is 25.0 Å². The number of rotatable bonds is 4. The van der Waals surface area contributed by atoms with Gasteiger partial charge in [-0.3, -0.25) is 9.78 Å². The third-order valence-electron chi connectivity index (χ3n) is 3.86. The van der Waals surface area contributed by atoms with Gasteiger partial charge in [0.2, 0.25) is 0 Å². The molecule has 0 aromatic carbocycles. The van der Waals surface area contributed by atoms with E-state index in [0.29, 0.717) is 18.3 Å². The Kier molecular flexibility index (Phi) is 3.07. The van der Waals surface area contributed by atoms with Crippen molar-refractivity contribution in [3.63, 3.8) is 0 Å². The van der Waals surface area contributed by atoms with E-state index < -0.39 is 0 Å². The highest BCUT2D eigenvalue weighted by atomic mass is 16.2. The Labute approximate surface area is 127 Å². The van der Waals surface area contributed by atoms with Crippen molar-refractivity contribution in [3.8, 4) is 0 Å². The van der Waals surface area contributed by atoms with Crippen molar-refractivity contribution in [2.45, 2.75) is 25.4 Å². The maximum absolute atomic E-state index is 12.7. The van der Waals surface area contributed by atoms with Crippen LogP contribution in [-0.2, 0) is 6.54 Å². The standard InChI is InChI=1S/C16H15N5O/c22-16(14-10-17-6-7-18-14)21(12-4-5-12)11-13-9-19-15-3-1-2-8-20(13)15/h1-3,6-10,12H,4-5,11H2. The van der Waals surface area contributed by atoms with E-state index in [2.05, 4.69) is 15.0 Å². The summed E-state index contributed by atoms with van der Waals surface area (Å²) in [5.41, 5.74) is 2.28. The molecule has 6 nitrogen and oxygen atoms in total. The van der Waals surface area contributed by atoms with Crippen LogP contribution in [0.3, 0.4) is 0 Å². The lowest BCUT2D eigenvalue weighted by molar-refractivity contribution is 0.0721. The summed E-state index contributed by atoms with van der Waals surface area (Å²) in [6.45, 7) is 0.533. The number of carbonyl (C=O) groups is 1. The average molecular weight is 293 g/mol. The van der Waals surface area contributed by atoms with E-state index in [9.17, 15) is 4.79 Å². The van der Waals surface area contributed by atoms with Crippen molar-refractivity contribution in [2.24, 2.45) is 0 Å². The van der Waals surface area contributed by atoms with E-state index >= 15 is 0 Å². The van der Waals surface area contributed by atoms with Crippen LogP contribution < -0.4 is 0 Å². The molecule has 1 saturated carbocycles.